The van der Waals surface area contributed by atoms with Crippen LogP contribution < -0.4 is 10.7 Å². The molecule has 0 rings (SSSR count). The van der Waals surface area contributed by atoms with Crippen LogP contribution in [0.1, 0.15) is 0 Å². The molecule has 0 spiro atoms. The Morgan fingerprint density at radius 3 is 2.88 bits per heavy atom. The second-order valence-corrected chi connectivity index (χ2v) is 1.17. The number of carbonyl (C=O) groups excluding carboxylic acids is 1. The number of likely N-dealkylation sites (N-methyl/N-ethyl adjacent to an activating group) is 1. The fourth-order valence-electron chi connectivity index (χ4n) is 0.216. The van der Waals surface area contributed by atoms with Gasteiger partial charge in [0.05, 0.1) is 0 Å². The molecule has 0 saturated heterocycles. The minimum atomic E-state index is -0.0996. The molecule has 0 fully saturated rings. The van der Waals surface area contributed by atoms with E-state index in [1.165, 1.54) is 0 Å². The molecule has 0 aliphatic carbocycles. The van der Waals surface area contributed by atoms with E-state index in [4.69, 9.17) is 0 Å². The maximum Gasteiger partial charge on any atom is 0.240 e. The third-order valence-electron chi connectivity index (χ3n) is 0.630. The summed E-state index contributed by atoms with van der Waals surface area (Å²) in [6.45, 7) is 3.32. The van der Waals surface area contributed by atoms with Gasteiger partial charge in [0, 0.05) is 13.8 Å². The smallest absolute Gasteiger partial charge is 0.240 e. The van der Waals surface area contributed by atoms with Gasteiger partial charge in [-0.15, -0.1) is 0 Å². The molecule has 46 valence electrons. The molecule has 1 amide bonds. The first-order chi connectivity index (χ1) is 3.81. The zero-order valence-corrected chi connectivity index (χ0v) is 4.77. The number of rotatable bonds is 3. The summed E-state index contributed by atoms with van der Waals surface area (Å²) in [7, 11) is 1.56. The summed E-state index contributed by atoms with van der Waals surface area (Å²) in [5.41, 5.74) is 2.40. The molecule has 4 nitrogen and oxygen atoms in total. The lowest BCUT2D eigenvalue weighted by atomic mass is 10.6. The number of hydrogen-bond donors (Lipinski definition) is 2. The molecule has 0 aliphatic rings. The Balaban J connectivity index is 3.11. The Kier molecular flexibility index (Phi) is 3.56. The second kappa shape index (κ2) is 4.11. The summed E-state index contributed by atoms with van der Waals surface area (Å²) in [5, 5.41) is 5.67. The monoisotopic (exact) mass is 115 g/mol. The van der Waals surface area contributed by atoms with E-state index in [0.717, 1.165) is 0 Å². The van der Waals surface area contributed by atoms with Crippen molar-refractivity contribution >= 4 is 12.6 Å². The van der Waals surface area contributed by atoms with E-state index in [1.54, 1.807) is 7.05 Å². The zero-order valence-electron chi connectivity index (χ0n) is 4.77. The molecule has 0 aliphatic heterocycles. The fraction of sp³-hybridized carbons (Fsp3) is 0.500. The van der Waals surface area contributed by atoms with Crippen LogP contribution in [0.15, 0.2) is 5.10 Å². The third kappa shape index (κ3) is 3.14. The number of nitrogens with one attached hydrogen (secondary N) is 2. The highest BCUT2D eigenvalue weighted by Crippen LogP contribution is 1.57. The Hall–Kier alpha value is -1.06. The average molecular weight is 115 g/mol. The molecule has 0 unspecified atom stereocenters. The Labute approximate surface area is 48.0 Å². The lowest BCUT2D eigenvalue weighted by Gasteiger charge is -1.95. The highest BCUT2D eigenvalue weighted by atomic mass is 16.1. The number of hydrogen-bond acceptors (Lipinski definition) is 3. The minimum Gasteiger partial charge on any atom is -0.358 e. The maximum absolute atomic E-state index is 10.3. The van der Waals surface area contributed by atoms with Gasteiger partial charge in [-0.05, 0) is 0 Å². The summed E-state index contributed by atoms with van der Waals surface area (Å²) in [6, 6.07) is 0. The molecule has 0 aromatic carbocycles. The molecular weight excluding hydrogens is 106 g/mol. The number of nitrogens with zero attached hydrogens (tertiary/aromatic N) is 1. The number of hydrazone groups is 1. The summed E-state index contributed by atoms with van der Waals surface area (Å²) < 4.78 is 0. The van der Waals surface area contributed by atoms with Crippen LogP contribution in [0.25, 0.3) is 0 Å². The minimum absolute atomic E-state index is 0.0996. The Morgan fingerprint density at radius 2 is 2.50 bits per heavy atom. The van der Waals surface area contributed by atoms with Crippen LogP contribution >= 0.6 is 0 Å². The second-order valence-electron chi connectivity index (χ2n) is 1.17. The van der Waals surface area contributed by atoms with Gasteiger partial charge in [-0.1, -0.05) is 0 Å². The molecule has 0 aromatic rings. The van der Waals surface area contributed by atoms with Crippen LogP contribution in [0.5, 0.6) is 0 Å². The first-order valence-electron chi connectivity index (χ1n) is 2.20. The first-order valence-corrected chi connectivity index (χ1v) is 2.20. The highest BCUT2D eigenvalue weighted by molar-refractivity contribution is 5.77. The maximum atomic E-state index is 10.3. The van der Waals surface area contributed by atoms with Crippen molar-refractivity contribution in [1.82, 2.24) is 10.7 Å². The van der Waals surface area contributed by atoms with Gasteiger partial charge >= 0.3 is 0 Å². The summed E-state index contributed by atoms with van der Waals surface area (Å²) in [4.78, 5) is 10.3. The van der Waals surface area contributed by atoms with E-state index >= 15 is 0 Å². The summed E-state index contributed by atoms with van der Waals surface area (Å²) in [5.74, 6) is -0.0996. The van der Waals surface area contributed by atoms with Gasteiger partial charge < -0.3 is 10.7 Å². The van der Waals surface area contributed by atoms with E-state index in [-0.39, 0.29) is 12.5 Å². The molecular formula is C4H9N3O. The van der Waals surface area contributed by atoms with Gasteiger partial charge in [-0.2, -0.15) is 5.10 Å². The van der Waals surface area contributed by atoms with Crippen molar-refractivity contribution in [2.24, 2.45) is 5.10 Å². The largest absolute Gasteiger partial charge is 0.358 e. The highest BCUT2D eigenvalue weighted by Gasteiger charge is 1.90. The summed E-state index contributed by atoms with van der Waals surface area (Å²) in [6.07, 6.45) is 0. The van der Waals surface area contributed by atoms with Crippen molar-refractivity contribution < 1.29 is 4.79 Å². The molecule has 0 bridgehead atoms. The molecule has 0 saturated carbocycles. The molecule has 0 heterocycles. The van der Waals surface area contributed by atoms with Gasteiger partial charge in [0.25, 0.3) is 0 Å². The van der Waals surface area contributed by atoms with E-state index in [1.807, 2.05) is 0 Å². The van der Waals surface area contributed by atoms with Crippen molar-refractivity contribution in [2.45, 2.75) is 0 Å². The van der Waals surface area contributed by atoms with Gasteiger partial charge in [-0.3, -0.25) is 4.79 Å². The Bertz CT molecular complexity index is 91.3. The predicted octanol–water partition coefficient (Wildman–Crippen LogP) is -1.06. The van der Waals surface area contributed by atoms with Crippen LogP contribution in [-0.4, -0.2) is 26.2 Å². The Morgan fingerprint density at radius 1 is 1.88 bits per heavy atom. The van der Waals surface area contributed by atoms with Gasteiger partial charge in [0.2, 0.25) is 5.91 Å². The van der Waals surface area contributed by atoms with Crippen LogP contribution in [0.4, 0.5) is 0 Å². The van der Waals surface area contributed by atoms with Crippen molar-refractivity contribution in [3.8, 4) is 0 Å². The van der Waals surface area contributed by atoms with E-state index in [0.29, 0.717) is 0 Å². The van der Waals surface area contributed by atoms with Crippen LogP contribution in [-0.2, 0) is 4.79 Å². The predicted molar refractivity (Wildman–Crippen MR) is 31.6 cm³/mol. The van der Waals surface area contributed by atoms with Crippen molar-refractivity contribution in [1.29, 1.82) is 0 Å². The zero-order chi connectivity index (χ0) is 6.41. The van der Waals surface area contributed by atoms with E-state index < -0.39 is 0 Å². The van der Waals surface area contributed by atoms with Gasteiger partial charge in [0.1, 0.15) is 6.54 Å². The van der Waals surface area contributed by atoms with Crippen molar-refractivity contribution in [3.05, 3.63) is 0 Å². The van der Waals surface area contributed by atoms with Gasteiger partial charge in [0.15, 0.2) is 0 Å². The molecule has 0 aromatic heterocycles. The standard InChI is InChI=1S/C4H9N3O/c1-5-4(8)3-7-6-2/h7H,2-3H2,1H3,(H,5,8). The van der Waals surface area contributed by atoms with E-state index in [9.17, 15) is 4.79 Å². The quantitative estimate of drug-likeness (QED) is 0.364. The molecule has 8 heavy (non-hydrogen) atoms. The molecule has 0 radical (unpaired) electrons. The SMILES string of the molecule is C=NNCC(=O)NC. The van der Waals surface area contributed by atoms with Crippen LogP contribution in [0.3, 0.4) is 0 Å². The molecule has 0 atom stereocenters. The fourth-order valence-corrected chi connectivity index (χ4v) is 0.216. The lowest BCUT2D eigenvalue weighted by Crippen LogP contribution is -2.28. The van der Waals surface area contributed by atoms with E-state index in [2.05, 4.69) is 22.6 Å². The summed E-state index contributed by atoms with van der Waals surface area (Å²) >= 11 is 0. The molecule has 4 heteroatoms. The van der Waals surface area contributed by atoms with Crippen LogP contribution in [0.2, 0.25) is 0 Å². The lowest BCUT2D eigenvalue weighted by molar-refractivity contribution is -0.119. The molecule has 2 N–H and O–H groups in total. The number of carbonyl (C=O) groups is 1. The van der Waals surface area contributed by atoms with Gasteiger partial charge in [-0.25, -0.2) is 0 Å². The van der Waals surface area contributed by atoms with Crippen LogP contribution in [0, 0.1) is 0 Å². The van der Waals surface area contributed by atoms with Crippen molar-refractivity contribution in [2.75, 3.05) is 13.6 Å². The first kappa shape index (κ1) is 6.94. The van der Waals surface area contributed by atoms with Crippen molar-refractivity contribution in [3.63, 3.8) is 0 Å². The third-order valence-corrected chi connectivity index (χ3v) is 0.630. The normalized spacial score (nSPS) is 7.62. The topological polar surface area (TPSA) is 53.5 Å². The number of amides is 1. The average Bonchev–Trinajstić information content (AvgIpc) is 1.83.